The second-order valence-corrected chi connectivity index (χ2v) is 5.57. The maximum atomic E-state index is 12.0. The number of nitrogens with one attached hydrogen (secondary N) is 1. The van der Waals surface area contributed by atoms with Crippen molar-refractivity contribution in [3.63, 3.8) is 0 Å². The zero-order chi connectivity index (χ0) is 15.2. The summed E-state index contributed by atoms with van der Waals surface area (Å²) in [6.07, 6.45) is 3.15. The molecular weight excluding hydrogens is 282 g/mol. The predicted molar refractivity (Wildman–Crippen MR) is 89.1 cm³/mol. The standard InChI is InChI=1S/C18H18ClNO/c1-13(2)14-6-8-15(9-7-14)18(21)10-11-20-17-5-3-4-16(19)12-17/h3-13,20H,1-2H3. The van der Waals surface area contributed by atoms with Gasteiger partial charge in [0.1, 0.15) is 0 Å². The van der Waals surface area contributed by atoms with Crippen molar-refractivity contribution < 1.29 is 4.79 Å². The van der Waals surface area contributed by atoms with Gasteiger partial charge in [0, 0.05) is 28.5 Å². The van der Waals surface area contributed by atoms with Crippen LogP contribution in [0.1, 0.15) is 35.7 Å². The fourth-order valence-electron chi connectivity index (χ4n) is 1.92. The molecule has 0 spiro atoms. The molecule has 0 bridgehead atoms. The molecule has 0 atom stereocenters. The minimum absolute atomic E-state index is 0.0279. The Balaban J connectivity index is 1.99. The van der Waals surface area contributed by atoms with Crippen molar-refractivity contribution in [3.05, 3.63) is 77.0 Å². The minimum atomic E-state index is -0.0279. The monoisotopic (exact) mass is 299 g/mol. The van der Waals surface area contributed by atoms with Gasteiger partial charge < -0.3 is 5.32 Å². The third kappa shape index (κ3) is 4.47. The molecule has 0 saturated carbocycles. The largest absolute Gasteiger partial charge is 0.362 e. The first-order chi connectivity index (χ1) is 10.1. The number of anilines is 1. The smallest absolute Gasteiger partial charge is 0.187 e. The molecule has 0 saturated heterocycles. The number of rotatable bonds is 5. The highest BCUT2D eigenvalue weighted by Gasteiger charge is 2.03. The van der Waals surface area contributed by atoms with Crippen LogP contribution < -0.4 is 5.32 Å². The van der Waals surface area contributed by atoms with Crippen LogP contribution in [0.4, 0.5) is 5.69 Å². The van der Waals surface area contributed by atoms with Gasteiger partial charge in [-0.1, -0.05) is 55.8 Å². The molecule has 108 valence electrons. The summed E-state index contributed by atoms with van der Waals surface area (Å²) in [5.41, 5.74) is 2.76. The summed E-state index contributed by atoms with van der Waals surface area (Å²) in [5.74, 6) is 0.439. The van der Waals surface area contributed by atoms with E-state index in [0.717, 1.165) is 5.69 Å². The first-order valence-electron chi connectivity index (χ1n) is 6.89. The number of hydrogen-bond donors (Lipinski definition) is 1. The number of carbonyl (C=O) groups is 1. The predicted octanol–water partition coefficient (Wildman–Crippen LogP) is 5.27. The molecule has 0 aliphatic rings. The molecule has 2 aromatic carbocycles. The molecule has 2 nitrogen and oxygen atoms in total. The van der Waals surface area contributed by atoms with Crippen molar-refractivity contribution in [2.24, 2.45) is 0 Å². The maximum Gasteiger partial charge on any atom is 0.187 e. The Hall–Kier alpha value is -2.06. The van der Waals surface area contributed by atoms with E-state index in [1.165, 1.54) is 11.6 Å². The van der Waals surface area contributed by atoms with E-state index in [1.807, 2.05) is 36.4 Å². The zero-order valence-corrected chi connectivity index (χ0v) is 12.9. The Kier molecular flexibility index (Phi) is 5.18. The number of ketones is 1. The molecule has 1 N–H and O–H groups in total. The molecule has 2 rings (SSSR count). The quantitative estimate of drug-likeness (QED) is 0.602. The Morgan fingerprint density at radius 3 is 2.48 bits per heavy atom. The molecule has 21 heavy (non-hydrogen) atoms. The fourth-order valence-corrected chi connectivity index (χ4v) is 2.11. The Labute approximate surface area is 130 Å². The van der Waals surface area contributed by atoms with Crippen molar-refractivity contribution in [3.8, 4) is 0 Å². The summed E-state index contributed by atoms with van der Waals surface area (Å²) in [4.78, 5) is 12.0. The summed E-state index contributed by atoms with van der Waals surface area (Å²) >= 11 is 5.89. The Morgan fingerprint density at radius 1 is 1.14 bits per heavy atom. The van der Waals surface area contributed by atoms with Gasteiger partial charge in [0.05, 0.1) is 0 Å². The maximum absolute atomic E-state index is 12.0. The first kappa shape index (κ1) is 15.3. The van der Waals surface area contributed by atoms with Crippen LogP contribution in [0.25, 0.3) is 0 Å². The fraction of sp³-hybridized carbons (Fsp3) is 0.167. The molecule has 0 heterocycles. The third-order valence-electron chi connectivity index (χ3n) is 3.17. The minimum Gasteiger partial charge on any atom is -0.362 e. The molecular formula is C18H18ClNO. The molecule has 0 aromatic heterocycles. The van der Waals surface area contributed by atoms with Crippen molar-refractivity contribution in [1.82, 2.24) is 0 Å². The van der Waals surface area contributed by atoms with E-state index in [-0.39, 0.29) is 5.78 Å². The lowest BCUT2D eigenvalue weighted by atomic mass is 10.0. The van der Waals surface area contributed by atoms with Crippen molar-refractivity contribution >= 4 is 23.1 Å². The normalized spacial score (nSPS) is 11.0. The molecule has 0 unspecified atom stereocenters. The van der Waals surface area contributed by atoms with E-state index in [1.54, 1.807) is 18.3 Å². The van der Waals surface area contributed by atoms with E-state index in [4.69, 9.17) is 11.6 Å². The van der Waals surface area contributed by atoms with E-state index in [9.17, 15) is 4.79 Å². The van der Waals surface area contributed by atoms with Crippen LogP contribution in [0.5, 0.6) is 0 Å². The Morgan fingerprint density at radius 2 is 1.86 bits per heavy atom. The van der Waals surface area contributed by atoms with Crippen LogP contribution in [0.15, 0.2) is 60.8 Å². The van der Waals surface area contributed by atoms with Gasteiger partial charge in [0.2, 0.25) is 0 Å². The molecule has 3 heteroatoms. The highest BCUT2D eigenvalue weighted by atomic mass is 35.5. The zero-order valence-electron chi connectivity index (χ0n) is 12.1. The number of hydrogen-bond acceptors (Lipinski definition) is 2. The molecule has 0 aliphatic heterocycles. The average Bonchev–Trinajstić information content (AvgIpc) is 2.47. The van der Waals surface area contributed by atoms with Crippen molar-refractivity contribution in [2.75, 3.05) is 5.32 Å². The summed E-state index contributed by atoms with van der Waals surface area (Å²) in [7, 11) is 0. The summed E-state index contributed by atoms with van der Waals surface area (Å²) in [6, 6.07) is 15.1. The molecule has 2 aromatic rings. The van der Waals surface area contributed by atoms with Gasteiger partial charge in [-0.05, 0) is 29.7 Å². The third-order valence-corrected chi connectivity index (χ3v) is 3.41. The second-order valence-electron chi connectivity index (χ2n) is 5.13. The van der Waals surface area contributed by atoms with Gasteiger partial charge in [-0.25, -0.2) is 0 Å². The van der Waals surface area contributed by atoms with Crippen LogP contribution >= 0.6 is 11.6 Å². The van der Waals surface area contributed by atoms with E-state index in [2.05, 4.69) is 19.2 Å². The van der Waals surface area contributed by atoms with Gasteiger partial charge >= 0.3 is 0 Å². The van der Waals surface area contributed by atoms with Gasteiger partial charge in [0.25, 0.3) is 0 Å². The van der Waals surface area contributed by atoms with Crippen LogP contribution in [-0.2, 0) is 0 Å². The molecule has 0 aliphatic carbocycles. The lowest BCUT2D eigenvalue weighted by Crippen LogP contribution is -1.97. The van der Waals surface area contributed by atoms with E-state index in [0.29, 0.717) is 16.5 Å². The number of halogens is 1. The molecule has 0 fully saturated rings. The van der Waals surface area contributed by atoms with Crippen LogP contribution in [0.2, 0.25) is 5.02 Å². The van der Waals surface area contributed by atoms with Gasteiger partial charge in [0.15, 0.2) is 5.78 Å². The first-order valence-corrected chi connectivity index (χ1v) is 7.27. The van der Waals surface area contributed by atoms with Crippen molar-refractivity contribution in [1.29, 1.82) is 0 Å². The second kappa shape index (κ2) is 7.09. The van der Waals surface area contributed by atoms with Crippen LogP contribution in [-0.4, -0.2) is 5.78 Å². The Bertz CT molecular complexity index is 645. The lowest BCUT2D eigenvalue weighted by Gasteiger charge is -2.05. The highest BCUT2D eigenvalue weighted by molar-refractivity contribution is 6.30. The van der Waals surface area contributed by atoms with Crippen LogP contribution in [0.3, 0.4) is 0 Å². The average molecular weight is 300 g/mol. The number of benzene rings is 2. The van der Waals surface area contributed by atoms with E-state index >= 15 is 0 Å². The number of allylic oxidation sites excluding steroid dienone is 1. The van der Waals surface area contributed by atoms with Gasteiger partial charge in [-0.15, -0.1) is 0 Å². The topological polar surface area (TPSA) is 29.1 Å². The molecule has 0 amide bonds. The summed E-state index contributed by atoms with van der Waals surface area (Å²) in [6.45, 7) is 4.26. The lowest BCUT2D eigenvalue weighted by molar-refractivity contribution is 0.104. The number of carbonyl (C=O) groups excluding carboxylic acids is 1. The van der Waals surface area contributed by atoms with Crippen LogP contribution in [0, 0.1) is 0 Å². The van der Waals surface area contributed by atoms with Gasteiger partial charge in [-0.2, -0.15) is 0 Å². The van der Waals surface area contributed by atoms with Crippen molar-refractivity contribution in [2.45, 2.75) is 19.8 Å². The SMILES string of the molecule is CC(C)c1ccc(C(=O)C=CNc2cccc(Cl)c2)cc1. The highest BCUT2D eigenvalue weighted by Crippen LogP contribution is 2.16. The van der Waals surface area contributed by atoms with Gasteiger partial charge in [-0.3, -0.25) is 4.79 Å². The summed E-state index contributed by atoms with van der Waals surface area (Å²) in [5, 5.41) is 3.69. The molecule has 0 radical (unpaired) electrons. The summed E-state index contributed by atoms with van der Waals surface area (Å²) < 4.78 is 0. The van der Waals surface area contributed by atoms with E-state index < -0.39 is 0 Å².